The van der Waals surface area contributed by atoms with E-state index >= 15 is 0 Å². The molecule has 1 saturated heterocycles. The second-order valence-corrected chi connectivity index (χ2v) is 7.83. The van der Waals surface area contributed by atoms with E-state index in [9.17, 15) is 10.1 Å². The van der Waals surface area contributed by atoms with Crippen molar-refractivity contribution >= 4 is 28.2 Å². The summed E-state index contributed by atoms with van der Waals surface area (Å²) < 4.78 is 15.9. The average molecular weight is 447 g/mol. The molecular formula is C25H26N4O4. The summed E-state index contributed by atoms with van der Waals surface area (Å²) in [6.45, 7) is 1.32. The van der Waals surface area contributed by atoms with Gasteiger partial charge >= 0.3 is 0 Å². The maximum atomic E-state index is 13.0. The van der Waals surface area contributed by atoms with Gasteiger partial charge in [-0.05, 0) is 37.1 Å². The highest BCUT2D eigenvalue weighted by atomic mass is 16.5. The number of methoxy groups -OCH3 is 3. The molecular weight excluding hydrogens is 420 g/mol. The number of ether oxygens (including phenoxy) is 3. The van der Waals surface area contributed by atoms with Crippen LogP contribution in [-0.4, -0.2) is 45.3 Å². The Labute approximate surface area is 192 Å². The fraction of sp³-hybridized carbons (Fsp3) is 0.320. The van der Waals surface area contributed by atoms with Crippen LogP contribution in [0.25, 0.3) is 10.9 Å². The lowest BCUT2D eigenvalue weighted by atomic mass is 9.94. The summed E-state index contributed by atoms with van der Waals surface area (Å²) in [5.74, 6) is 1.75. The van der Waals surface area contributed by atoms with Crippen LogP contribution in [0, 0.1) is 17.2 Å². The molecule has 1 N–H and O–H groups in total. The first-order valence-electron chi connectivity index (χ1n) is 10.7. The van der Waals surface area contributed by atoms with Gasteiger partial charge in [-0.3, -0.25) is 9.78 Å². The van der Waals surface area contributed by atoms with Crippen LogP contribution in [0.4, 0.5) is 11.4 Å². The van der Waals surface area contributed by atoms with Gasteiger partial charge in [0.25, 0.3) is 0 Å². The monoisotopic (exact) mass is 446 g/mol. The third-order valence-corrected chi connectivity index (χ3v) is 6.01. The molecule has 0 saturated carbocycles. The van der Waals surface area contributed by atoms with Crippen molar-refractivity contribution in [2.75, 3.05) is 44.6 Å². The summed E-state index contributed by atoms with van der Waals surface area (Å²) in [6, 6.07) is 13.2. The average Bonchev–Trinajstić information content (AvgIpc) is 2.87. The van der Waals surface area contributed by atoms with Crippen molar-refractivity contribution in [1.82, 2.24) is 4.98 Å². The summed E-state index contributed by atoms with van der Waals surface area (Å²) in [4.78, 5) is 19.6. The first-order valence-corrected chi connectivity index (χ1v) is 10.7. The minimum absolute atomic E-state index is 0.0500. The Morgan fingerprint density at radius 2 is 1.76 bits per heavy atom. The predicted molar refractivity (Wildman–Crippen MR) is 126 cm³/mol. The third-order valence-electron chi connectivity index (χ3n) is 6.01. The van der Waals surface area contributed by atoms with E-state index in [0.717, 1.165) is 16.6 Å². The minimum Gasteiger partial charge on any atom is -0.497 e. The van der Waals surface area contributed by atoms with Crippen LogP contribution in [0.1, 0.15) is 18.4 Å². The highest BCUT2D eigenvalue weighted by Crippen LogP contribution is 2.35. The van der Waals surface area contributed by atoms with E-state index in [0.29, 0.717) is 54.4 Å². The third kappa shape index (κ3) is 4.48. The zero-order valence-corrected chi connectivity index (χ0v) is 18.9. The fourth-order valence-electron chi connectivity index (χ4n) is 4.22. The topological polar surface area (TPSA) is 96.7 Å². The second-order valence-electron chi connectivity index (χ2n) is 7.83. The molecule has 1 aromatic heterocycles. The number of carbonyl (C=O) groups excluding carboxylic acids is 1. The molecule has 0 radical (unpaired) electrons. The van der Waals surface area contributed by atoms with Crippen molar-refractivity contribution in [1.29, 1.82) is 5.26 Å². The molecule has 1 aliphatic rings. The van der Waals surface area contributed by atoms with E-state index in [4.69, 9.17) is 14.2 Å². The normalized spacial score (nSPS) is 13.9. The number of amides is 1. The van der Waals surface area contributed by atoms with Crippen LogP contribution in [0.3, 0.4) is 0 Å². The summed E-state index contributed by atoms with van der Waals surface area (Å²) in [5, 5.41) is 13.6. The Kier molecular flexibility index (Phi) is 6.50. The minimum atomic E-state index is -0.143. The lowest BCUT2D eigenvalue weighted by molar-refractivity contribution is -0.120. The van der Waals surface area contributed by atoms with Crippen molar-refractivity contribution < 1.29 is 19.0 Å². The number of hydrogen-bond donors (Lipinski definition) is 1. The molecule has 33 heavy (non-hydrogen) atoms. The second kappa shape index (κ2) is 9.65. The number of anilines is 2. The van der Waals surface area contributed by atoms with Gasteiger partial charge in [-0.1, -0.05) is 0 Å². The van der Waals surface area contributed by atoms with E-state index in [1.807, 2.05) is 18.2 Å². The number of nitrogens with one attached hydrogen (secondary N) is 1. The predicted octanol–water partition coefficient (Wildman–Crippen LogP) is 3.99. The number of hydrogen-bond acceptors (Lipinski definition) is 7. The van der Waals surface area contributed by atoms with E-state index in [2.05, 4.69) is 21.3 Å². The van der Waals surface area contributed by atoms with Gasteiger partial charge in [0.2, 0.25) is 5.91 Å². The van der Waals surface area contributed by atoms with Gasteiger partial charge in [-0.15, -0.1) is 0 Å². The summed E-state index contributed by atoms with van der Waals surface area (Å²) in [5.41, 5.74) is 2.74. The molecule has 2 aromatic carbocycles. The van der Waals surface area contributed by atoms with Crippen molar-refractivity contribution in [3.63, 3.8) is 0 Å². The smallest absolute Gasteiger partial charge is 0.227 e. The van der Waals surface area contributed by atoms with Gasteiger partial charge in [0.15, 0.2) is 0 Å². The zero-order valence-electron chi connectivity index (χ0n) is 18.9. The standard InChI is InChI=1S/C25H26N4O4/c1-31-18-4-6-20-21(12-18)27-15-17(14-26)24(20)29-10-8-16(9-11-29)25(30)28-22-13-19(32-2)5-7-23(22)33-3/h4-7,12-13,15-16H,8-11H2,1-3H3,(H,28,30). The lowest BCUT2D eigenvalue weighted by Crippen LogP contribution is -2.38. The van der Waals surface area contributed by atoms with E-state index in [1.54, 1.807) is 45.7 Å². The molecule has 2 heterocycles. The Hall–Kier alpha value is -3.99. The number of benzene rings is 2. The van der Waals surface area contributed by atoms with Crippen LogP contribution >= 0.6 is 0 Å². The number of pyridine rings is 1. The van der Waals surface area contributed by atoms with E-state index in [-0.39, 0.29) is 11.8 Å². The maximum absolute atomic E-state index is 13.0. The maximum Gasteiger partial charge on any atom is 0.227 e. The number of piperidine rings is 1. The van der Waals surface area contributed by atoms with Gasteiger partial charge in [-0.25, -0.2) is 0 Å². The first kappa shape index (κ1) is 22.2. The Morgan fingerprint density at radius 3 is 2.42 bits per heavy atom. The molecule has 0 atom stereocenters. The zero-order chi connectivity index (χ0) is 23.4. The van der Waals surface area contributed by atoms with Crippen molar-refractivity contribution in [2.24, 2.45) is 5.92 Å². The van der Waals surface area contributed by atoms with Crippen molar-refractivity contribution in [2.45, 2.75) is 12.8 Å². The Morgan fingerprint density at radius 1 is 1.06 bits per heavy atom. The molecule has 4 rings (SSSR count). The van der Waals surface area contributed by atoms with Gasteiger partial charge in [-0.2, -0.15) is 5.26 Å². The molecule has 3 aromatic rings. The van der Waals surface area contributed by atoms with Crippen LogP contribution in [-0.2, 0) is 4.79 Å². The molecule has 170 valence electrons. The van der Waals surface area contributed by atoms with Gasteiger partial charge < -0.3 is 24.4 Å². The number of rotatable bonds is 6. The summed E-state index contributed by atoms with van der Waals surface area (Å²) in [7, 11) is 4.76. The first-order chi connectivity index (χ1) is 16.1. The largest absolute Gasteiger partial charge is 0.497 e. The lowest BCUT2D eigenvalue weighted by Gasteiger charge is -2.34. The van der Waals surface area contributed by atoms with Crippen LogP contribution in [0.5, 0.6) is 17.2 Å². The summed E-state index contributed by atoms with van der Waals surface area (Å²) in [6.07, 6.45) is 2.94. The fourth-order valence-corrected chi connectivity index (χ4v) is 4.22. The molecule has 8 heteroatoms. The highest BCUT2D eigenvalue weighted by molar-refractivity contribution is 5.96. The molecule has 1 amide bonds. The molecule has 0 unspecified atom stereocenters. The molecule has 0 bridgehead atoms. The Balaban J connectivity index is 1.51. The molecule has 8 nitrogen and oxygen atoms in total. The van der Waals surface area contributed by atoms with Gasteiger partial charge in [0, 0.05) is 42.7 Å². The number of aromatic nitrogens is 1. The van der Waals surface area contributed by atoms with Crippen LogP contribution in [0.15, 0.2) is 42.6 Å². The summed E-state index contributed by atoms with van der Waals surface area (Å²) >= 11 is 0. The SMILES string of the molecule is COc1ccc(OC)c(NC(=O)C2CCN(c3c(C#N)cnc4cc(OC)ccc34)CC2)c1. The number of nitriles is 1. The van der Waals surface area contributed by atoms with Crippen LogP contribution in [0.2, 0.25) is 0 Å². The highest BCUT2D eigenvalue weighted by Gasteiger charge is 2.28. The molecule has 1 fully saturated rings. The number of nitrogens with zero attached hydrogens (tertiary/aromatic N) is 3. The van der Waals surface area contributed by atoms with Gasteiger partial charge in [0.1, 0.15) is 23.3 Å². The van der Waals surface area contributed by atoms with Crippen molar-refractivity contribution in [3.8, 4) is 23.3 Å². The Bertz CT molecular complexity index is 1210. The molecule has 1 aliphatic heterocycles. The van der Waals surface area contributed by atoms with E-state index in [1.165, 1.54) is 0 Å². The van der Waals surface area contributed by atoms with E-state index < -0.39 is 0 Å². The number of fused-ring (bicyclic) bond motifs is 1. The molecule has 0 spiro atoms. The quantitative estimate of drug-likeness (QED) is 0.612. The van der Waals surface area contributed by atoms with Gasteiger partial charge in [0.05, 0.1) is 43.8 Å². The number of carbonyl (C=O) groups is 1. The molecule has 0 aliphatic carbocycles. The van der Waals surface area contributed by atoms with Crippen LogP contribution < -0.4 is 24.4 Å². The van der Waals surface area contributed by atoms with Crippen molar-refractivity contribution in [3.05, 3.63) is 48.2 Å².